The van der Waals surface area contributed by atoms with Crippen molar-refractivity contribution in [3.63, 3.8) is 0 Å². The lowest BCUT2D eigenvalue weighted by atomic mass is 10.1. The van der Waals surface area contributed by atoms with Crippen LogP contribution in [0.25, 0.3) is 0 Å². The first-order valence-corrected chi connectivity index (χ1v) is 7.92. The smallest absolute Gasteiger partial charge is 0.387 e. The van der Waals surface area contributed by atoms with Crippen molar-refractivity contribution in [3.8, 4) is 5.75 Å². The van der Waals surface area contributed by atoms with E-state index in [1.807, 2.05) is 10.8 Å². The second-order valence-electron chi connectivity index (χ2n) is 5.88. The summed E-state index contributed by atoms with van der Waals surface area (Å²) >= 11 is 0. The highest BCUT2D eigenvalue weighted by molar-refractivity contribution is 5.79. The minimum Gasteiger partial charge on any atom is -0.435 e. The molecule has 0 unspecified atom stereocenters. The normalized spacial score (nSPS) is 20.3. The van der Waals surface area contributed by atoms with Crippen LogP contribution in [0.1, 0.15) is 30.9 Å². The molecule has 1 aromatic carbocycles. The molecular weight excluding hydrogens is 316 g/mol. The Morgan fingerprint density at radius 2 is 2.29 bits per heavy atom. The Labute approximate surface area is 138 Å². The summed E-state index contributed by atoms with van der Waals surface area (Å²) in [5, 5.41) is 3.05. The number of benzene rings is 1. The van der Waals surface area contributed by atoms with E-state index >= 15 is 0 Å². The van der Waals surface area contributed by atoms with E-state index in [0.29, 0.717) is 5.56 Å². The highest BCUT2D eigenvalue weighted by atomic mass is 19.3. The molecule has 0 radical (unpaired) electrons. The number of alkyl halides is 2. The minimum absolute atomic E-state index is 0.0622. The van der Waals surface area contributed by atoms with Crippen LogP contribution >= 0.6 is 0 Å². The summed E-state index contributed by atoms with van der Waals surface area (Å²) in [5.74, 6) is -0.0614. The van der Waals surface area contributed by atoms with Crippen molar-refractivity contribution >= 4 is 5.91 Å². The standard InChI is InChI=1S/C17H19F2N3O2/c18-17(19)24-13-4-1-3-12(9-13)10-16(23)21-14-5-2-6-15(14)22-8-7-20-11-22/h1,3-4,7-9,11,14-15,17H,2,5-6,10H2,(H,21,23)/t14-,15+/m1/s1. The molecule has 0 saturated heterocycles. The van der Waals surface area contributed by atoms with Crippen molar-refractivity contribution < 1.29 is 18.3 Å². The number of nitrogens with one attached hydrogen (secondary N) is 1. The summed E-state index contributed by atoms with van der Waals surface area (Å²) in [6.45, 7) is -2.87. The van der Waals surface area contributed by atoms with Crippen LogP contribution in [-0.2, 0) is 11.2 Å². The highest BCUT2D eigenvalue weighted by Gasteiger charge is 2.29. The fourth-order valence-corrected chi connectivity index (χ4v) is 3.21. The zero-order valence-corrected chi connectivity index (χ0v) is 13.1. The van der Waals surface area contributed by atoms with Gasteiger partial charge >= 0.3 is 6.61 Å². The van der Waals surface area contributed by atoms with E-state index in [4.69, 9.17) is 0 Å². The molecule has 2 aromatic rings. The summed E-state index contributed by atoms with van der Waals surface area (Å²) < 4.78 is 30.9. The van der Waals surface area contributed by atoms with E-state index in [9.17, 15) is 13.6 Å². The Morgan fingerprint density at radius 1 is 1.42 bits per heavy atom. The van der Waals surface area contributed by atoms with E-state index in [0.717, 1.165) is 19.3 Å². The topological polar surface area (TPSA) is 56.1 Å². The van der Waals surface area contributed by atoms with Gasteiger partial charge in [0.2, 0.25) is 5.91 Å². The molecule has 128 valence electrons. The molecule has 1 aliphatic rings. The van der Waals surface area contributed by atoms with Crippen molar-refractivity contribution in [2.45, 2.75) is 44.4 Å². The van der Waals surface area contributed by atoms with Crippen LogP contribution in [0, 0.1) is 0 Å². The number of imidazole rings is 1. The second-order valence-corrected chi connectivity index (χ2v) is 5.88. The molecule has 1 heterocycles. The Morgan fingerprint density at radius 3 is 3.04 bits per heavy atom. The van der Waals surface area contributed by atoms with E-state index in [1.165, 1.54) is 12.1 Å². The number of amides is 1. The summed E-state index contributed by atoms with van der Waals surface area (Å²) in [6.07, 6.45) is 8.49. The van der Waals surface area contributed by atoms with Crippen molar-refractivity contribution in [2.24, 2.45) is 0 Å². The molecule has 3 rings (SSSR count). The fraction of sp³-hybridized carbons (Fsp3) is 0.412. The van der Waals surface area contributed by atoms with Crippen molar-refractivity contribution in [2.75, 3.05) is 0 Å². The number of hydrogen-bond acceptors (Lipinski definition) is 3. The molecule has 1 amide bonds. The lowest BCUT2D eigenvalue weighted by molar-refractivity contribution is -0.121. The van der Waals surface area contributed by atoms with Gasteiger partial charge in [0, 0.05) is 18.4 Å². The monoisotopic (exact) mass is 335 g/mol. The molecular formula is C17H19F2N3O2. The van der Waals surface area contributed by atoms with Gasteiger partial charge in [-0.3, -0.25) is 4.79 Å². The summed E-state index contributed by atoms with van der Waals surface area (Å²) in [6, 6.07) is 6.51. The molecule has 1 saturated carbocycles. The summed E-state index contributed by atoms with van der Waals surface area (Å²) in [7, 11) is 0. The third-order valence-corrected chi connectivity index (χ3v) is 4.22. The number of aromatic nitrogens is 2. The molecule has 1 N–H and O–H groups in total. The Hall–Kier alpha value is -2.44. The van der Waals surface area contributed by atoms with Crippen LogP contribution in [0.3, 0.4) is 0 Å². The fourth-order valence-electron chi connectivity index (χ4n) is 3.21. The van der Waals surface area contributed by atoms with Gasteiger partial charge in [0.05, 0.1) is 18.8 Å². The van der Waals surface area contributed by atoms with Crippen LogP contribution in [0.4, 0.5) is 8.78 Å². The molecule has 1 aromatic heterocycles. The number of nitrogens with zero attached hydrogens (tertiary/aromatic N) is 2. The van der Waals surface area contributed by atoms with E-state index in [2.05, 4.69) is 15.0 Å². The molecule has 2 atom stereocenters. The van der Waals surface area contributed by atoms with Crippen molar-refractivity contribution in [3.05, 3.63) is 48.5 Å². The van der Waals surface area contributed by atoms with E-state index < -0.39 is 6.61 Å². The van der Waals surface area contributed by atoms with Gasteiger partial charge in [0.1, 0.15) is 5.75 Å². The average Bonchev–Trinajstić information content (AvgIpc) is 3.17. The summed E-state index contributed by atoms with van der Waals surface area (Å²) in [5.41, 5.74) is 0.642. The van der Waals surface area contributed by atoms with Crippen molar-refractivity contribution in [1.29, 1.82) is 0 Å². The second kappa shape index (κ2) is 7.42. The van der Waals surface area contributed by atoms with Gasteiger partial charge in [0.15, 0.2) is 0 Å². The molecule has 0 spiro atoms. The van der Waals surface area contributed by atoms with Crippen LogP contribution in [0.5, 0.6) is 5.75 Å². The number of carbonyl (C=O) groups excluding carboxylic acids is 1. The Kier molecular flexibility index (Phi) is 5.08. The summed E-state index contributed by atoms with van der Waals surface area (Å²) in [4.78, 5) is 16.3. The number of halogens is 2. The maximum Gasteiger partial charge on any atom is 0.387 e. The SMILES string of the molecule is O=C(Cc1cccc(OC(F)F)c1)N[C@@H]1CCC[C@@H]1n1ccnc1. The largest absolute Gasteiger partial charge is 0.435 e. The first-order chi connectivity index (χ1) is 11.6. The number of ether oxygens (including phenoxy) is 1. The molecule has 1 fully saturated rings. The third-order valence-electron chi connectivity index (χ3n) is 4.22. The molecule has 0 bridgehead atoms. The van der Waals surface area contributed by atoms with Gasteiger partial charge in [-0.1, -0.05) is 12.1 Å². The predicted octanol–water partition coefficient (Wildman–Crippen LogP) is 2.94. The lowest BCUT2D eigenvalue weighted by Crippen LogP contribution is -2.38. The predicted molar refractivity (Wildman–Crippen MR) is 83.8 cm³/mol. The number of hydrogen-bond donors (Lipinski definition) is 1. The molecule has 5 nitrogen and oxygen atoms in total. The third kappa shape index (κ3) is 4.10. The van der Waals surface area contributed by atoms with Gasteiger partial charge < -0.3 is 14.6 Å². The van der Waals surface area contributed by atoms with Gasteiger partial charge in [-0.25, -0.2) is 4.98 Å². The Balaban J connectivity index is 1.59. The highest BCUT2D eigenvalue weighted by Crippen LogP contribution is 2.30. The maximum atomic E-state index is 12.3. The zero-order chi connectivity index (χ0) is 16.9. The average molecular weight is 335 g/mol. The number of carbonyl (C=O) groups is 1. The molecule has 24 heavy (non-hydrogen) atoms. The van der Waals surface area contributed by atoms with E-state index in [1.54, 1.807) is 24.7 Å². The quantitative estimate of drug-likeness (QED) is 0.883. The van der Waals surface area contributed by atoms with Gasteiger partial charge in [0.25, 0.3) is 0 Å². The maximum absolute atomic E-state index is 12.3. The first-order valence-electron chi connectivity index (χ1n) is 7.92. The number of rotatable bonds is 6. The van der Waals surface area contributed by atoms with Crippen LogP contribution in [0.2, 0.25) is 0 Å². The van der Waals surface area contributed by atoms with Crippen LogP contribution in [0.15, 0.2) is 43.0 Å². The van der Waals surface area contributed by atoms with Gasteiger partial charge in [-0.15, -0.1) is 0 Å². The minimum atomic E-state index is -2.87. The van der Waals surface area contributed by atoms with Gasteiger partial charge in [-0.2, -0.15) is 8.78 Å². The van der Waals surface area contributed by atoms with E-state index in [-0.39, 0.29) is 30.2 Å². The lowest BCUT2D eigenvalue weighted by Gasteiger charge is -2.22. The molecule has 0 aliphatic heterocycles. The van der Waals surface area contributed by atoms with Crippen LogP contribution < -0.4 is 10.1 Å². The molecule has 1 aliphatic carbocycles. The molecule has 7 heteroatoms. The van der Waals surface area contributed by atoms with Crippen LogP contribution in [-0.4, -0.2) is 28.1 Å². The van der Waals surface area contributed by atoms with Crippen molar-refractivity contribution in [1.82, 2.24) is 14.9 Å². The first kappa shape index (κ1) is 16.4. The Bertz CT molecular complexity index is 676. The zero-order valence-electron chi connectivity index (χ0n) is 13.1. The van der Waals surface area contributed by atoms with Gasteiger partial charge in [-0.05, 0) is 37.0 Å².